The predicted molar refractivity (Wildman–Crippen MR) is 84.7 cm³/mol. The smallest absolute Gasteiger partial charge is 0.0587 e. The summed E-state index contributed by atoms with van der Waals surface area (Å²) in [6.45, 7) is 7.29. The largest absolute Gasteiger partial charge is 0.395 e. The quantitative estimate of drug-likeness (QED) is 0.863. The number of benzene rings is 1. The molecule has 2 heteroatoms. The molecule has 0 saturated heterocycles. The van der Waals surface area contributed by atoms with Gasteiger partial charge in [-0.05, 0) is 42.6 Å². The van der Waals surface area contributed by atoms with Crippen molar-refractivity contribution >= 4 is 0 Å². The number of nitrogens with one attached hydrogen (secondary N) is 1. The third-order valence-electron chi connectivity index (χ3n) is 4.69. The Bertz CT molecular complexity index is 401. The molecule has 1 aromatic carbocycles. The molecule has 20 heavy (non-hydrogen) atoms. The maximum absolute atomic E-state index is 9.64. The lowest BCUT2D eigenvalue weighted by molar-refractivity contribution is 0.128. The van der Waals surface area contributed by atoms with E-state index < -0.39 is 0 Å². The van der Waals surface area contributed by atoms with E-state index in [1.165, 1.54) is 24.8 Å². The van der Waals surface area contributed by atoms with Crippen molar-refractivity contribution in [1.82, 2.24) is 5.32 Å². The van der Waals surface area contributed by atoms with Crippen LogP contribution in [-0.2, 0) is 6.42 Å². The Labute approximate surface area is 123 Å². The monoisotopic (exact) mass is 275 g/mol. The molecule has 2 N–H and O–H groups in total. The van der Waals surface area contributed by atoms with Gasteiger partial charge in [0, 0.05) is 12.1 Å². The van der Waals surface area contributed by atoms with Crippen LogP contribution in [-0.4, -0.2) is 23.8 Å². The number of aliphatic hydroxyl groups is 1. The highest BCUT2D eigenvalue weighted by molar-refractivity contribution is 5.16. The van der Waals surface area contributed by atoms with E-state index in [2.05, 4.69) is 50.4 Å². The Morgan fingerprint density at radius 1 is 1.30 bits per heavy atom. The molecule has 1 aliphatic carbocycles. The van der Waals surface area contributed by atoms with Crippen molar-refractivity contribution in [1.29, 1.82) is 0 Å². The molecule has 1 aliphatic rings. The maximum atomic E-state index is 9.64. The first-order valence-electron chi connectivity index (χ1n) is 7.91. The molecule has 0 aromatic heterocycles. The average molecular weight is 275 g/mol. The molecule has 0 aliphatic heterocycles. The third-order valence-corrected chi connectivity index (χ3v) is 4.69. The van der Waals surface area contributed by atoms with Gasteiger partial charge in [-0.1, -0.05) is 51.1 Å². The van der Waals surface area contributed by atoms with Gasteiger partial charge in [0.05, 0.1) is 6.61 Å². The molecule has 1 saturated carbocycles. The molecular weight excluding hydrogens is 246 g/mol. The van der Waals surface area contributed by atoms with Gasteiger partial charge in [0.25, 0.3) is 0 Å². The van der Waals surface area contributed by atoms with Gasteiger partial charge in [-0.15, -0.1) is 0 Å². The lowest BCUT2D eigenvalue weighted by atomic mass is 9.70. The zero-order chi connectivity index (χ0) is 14.6. The van der Waals surface area contributed by atoms with Crippen LogP contribution in [0.15, 0.2) is 30.3 Å². The summed E-state index contributed by atoms with van der Waals surface area (Å²) in [6.07, 6.45) is 4.68. The molecule has 0 amide bonds. The minimum absolute atomic E-state index is 0.172. The molecule has 0 spiro atoms. The van der Waals surface area contributed by atoms with E-state index in [0.717, 1.165) is 6.42 Å². The van der Waals surface area contributed by atoms with Crippen LogP contribution in [0.3, 0.4) is 0 Å². The van der Waals surface area contributed by atoms with Gasteiger partial charge < -0.3 is 10.4 Å². The molecule has 2 nitrogen and oxygen atoms in total. The summed E-state index contributed by atoms with van der Waals surface area (Å²) in [6, 6.07) is 11.2. The van der Waals surface area contributed by atoms with Crippen LogP contribution in [0.2, 0.25) is 0 Å². The third kappa shape index (κ3) is 4.32. The standard InChI is InChI=1S/C18H29NO/c1-14-12-18(2,3)10-9-17(14)19-16(13-20)11-15-7-5-4-6-8-15/h4-8,14,16-17,19-20H,9-13H2,1-3H3. The molecule has 0 heterocycles. The summed E-state index contributed by atoms with van der Waals surface area (Å²) in [4.78, 5) is 0. The van der Waals surface area contributed by atoms with E-state index in [1.54, 1.807) is 0 Å². The first kappa shape index (κ1) is 15.5. The highest BCUT2D eigenvalue weighted by Crippen LogP contribution is 2.38. The second-order valence-electron chi connectivity index (χ2n) is 7.23. The number of rotatable bonds is 5. The molecular formula is C18H29NO. The summed E-state index contributed by atoms with van der Waals surface area (Å²) in [5.74, 6) is 0.684. The van der Waals surface area contributed by atoms with Gasteiger partial charge in [-0.25, -0.2) is 0 Å². The number of hydrogen-bond acceptors (Lipinski definition) is 2. The second kappa shape index (κ2) is 6.73. The lowest BCUT2D eigenvalue weighted by Crippen LogP contribution is -2.48. The van der Waals surface area contributed by atoms with Crippen LogP contribution in [0.1, 0.15) is 45.6 Å². The molecule has 3 unspecified atom stereocenters. The molecule has 1 fully saturated rings. The van der Waals surface area contributed by atoms with E-state index in [9.17, 15) is 5.11 Å². The van der Waals surface area contributed by atoms with Gasteiger partial charge in [-0.2, -0.15) is 0 Å². The summed E-state index contributed by atoms with van der Waals surface area (Å²) in [5.41, 5.74) is 1.77. The molecule has 112 valence electrons. The van der Waals surface area contributed by atoms with Gasteiger partial charge >= 0.3 is 0 Å². The van der Waals surface area contributed by atoms with Crippen molar-refractivity contribution in [2.45, 2.75) is 58.5 Å². The molecule has 1 aromatic rings. The van der Waals surface area contributed by atoms with Crippen molar-refractivity contribution in [3.05, 3.63) is 35.9 Å². The van der Waals surface area contributed by atoms with E-state index in [-0.39, 0.29) is 12.6 Å². The van der Waals surface area contributed by atoms with Crippen molar-refractivity contribution in [3.63, 3.8) is 0 Å². The fourth-order valence-electron chi connectivity index (χ4n) is 3.57. The van der Waals surface area contributed by atoms with Crippen molar-refractivity contribution in [2.24, 2.45) is 11.3 Å². The van der Waals surface area contributed by atoms with Gasteiger partial charge in [0.15, 0.2) is 0 Å². The van der Waals surface area contributed by atoms with Crippen LogP contribution >= 0.6 is 0 Å². The summed E-state index contributed by atoms with van der Waals surface area (Å²) in [5, 5.41) is 13.3. The first-order chi connectivity index (χ1) is 9.50. The maximum Gasteiger partial charge on any atom is 0.0587 e. The van der Waals surface area contributed by atoms with Crippen molar-refractivity contribution < 1.29 is 5.11 Å². The Balaban J connectivity index is 1.90. The van der Waals surface area contributed by atoms with Crippen molar-refractivity contribution in [3.8, 4) is 0 Å². The zero-order valence-corrected chi connectivity index (χ0v) is 13.1. The SMILES string of the molecule is CC1CC(C)(C)CCC1NC(CO)Cc1ccccc1. The minimum Gasteiger partial charge on any atom is -0.395 e. The van der Waals surface area contributed by atoms with Crippen LogP contribution in [0.4, 0.5) is 0 Å². The normalized spacial score (nSPS) is 27.2. The Hall–Kier alpha value is -0.860. The minimum atomic E-state index is 0.172. The average Bonchev–Trinajstić information content (AvgIpc) is 2.41. The van der Waals surface area contributed by atoms with Gasteiger partial charge in [0.2, 0.25) is 0 Å². The van der Waals surface area contributed by atoms with E-state index in [4.69, 9.17) is 0 Å². The topological polar surface area (TPSA) is 32.3 Å². The Morgan fingerprint density at radius 3 is 2.60 bits per heavy atom. The fraction of sp³-hybridized carbons (Fsp3) is 0.667. The van der Waals surface area contributed by atoms with Crippen LogP contribution < -0.4 is 5.32 Å². The van der Waals surface area contributed by atoms with Crippen molar-refractivity contribution in [2.75, 3.05) is 6.61 Å². The predicted octanol–water partition coefficient (Wildman–Crippen LogP) is 3.39. The number of aliphatic hydroxyl groups excluding tert-OH is 1. The van der Waals surface area contributed by atoms with Crippen LogP contribution in [0.25, 0.3) is 0 Å². The summed E-state index contributed by atoms with van der Waals surface area (Å²) >= 11 is 0. The lowest BCUT2D eigenvalue weighted by Gasteiger charge is -2.41. The summed E-state index contributed by atoms with van der Waals surface area (Å²) < 4.78 is 0. The highest BCUT2D eigenvalue weighted by atomic mass is 16.3. The second-order valence-corrected chi connectivity index (χ2v) is 7.23. The van der Waals surface area contributed by atoms with E-state index in [0.29, 0.717) is 17.4 Å². The first-order valence-corrected chi connectivity index (χ1v) is 7.91. The van der Waals surface area contributed by atoms with E-state index in [1.807, 2.05) is 6.07 Å². The molecule has 3 atom stereocenters. The Morgan fingerprint density at radius 2 is 2.00 bits per heavy atom. The van der Waals surface area contributed by atoms with Crippen LogP contribution in [0.5, 0.6) is 0 Å². The molecule has 0 radical (unpaired) electrons. The van der Waals surface area contributed by atoms with Gasteiger partial charge in [0.1, 0.15) is 0 Å². The molecule has 2 rings (SSSR count). The summed E-state index contributed by atoms with van der Waals surface area (Å²) in [7, 11) is 0. The molecule has 0 bridgehead atoms. The fourth-order valence-corrected chi connectivity index (χ4v) is 3.57. The zero-order valence-electron chi connectivity index (χ0n) is 13.1. The Kier molecular flexibility index (Phi) is 5.22. The highest BCUT2D eigenvalue weighted by Gasteiger charge is 2.33. The number of hydrogen-bond donors (Lipinski definition) is 2. The van der Waals surface area contributed by atoms with E-state index >= 15 is 0 Å². The van der Waals surface area contributed by atoms with Gasteiger partial charge in [-0.3, -0.25) is 0 Å². The van der Waals surface area contributed by atoms with Crippen LogP contribution in [0, 0.1) is 11.3 Å².